The fourth-order valence-electron chi connectivity index (χ4n) is 1.99. The summed E-state index contributed by atoms with van der Waals surface area (Å²) in [6.45, 7) is 0. The third kappa shape index (κ3) is 2.10. The molecule has 0 radical (unpaired) electrons. The van der Waals surface area contributed by atoms with Crippen molar-refractivity contribution in [2.24, 2.45) is 0 Å². The van der Waals surface area contributed by atoms with Gasteiger partial charge in [-0.3, -0.25) is 4.79 Å². The first-order chi connectivity index (χ1) is 7.92. The van der Waals surface area contributed by atoms with Gasteiger partial charge in [0.1, 0.15) is 10.8 Å². The normalized spacial score (nSPS) is 22.5. The van der Waals surface area contributed by atoms with Crippen LogP contribution in [0.3, 0.4) is 0 Å². The molecule has 1 unspecified atom stereocenters. The van der Waals surface area contributed by atoms with Crippen LogP contribution < -0.4 is 5.56 Å². The standard InChI is InChI=1S/C10H11NO5S/c12-9-6(10(13)14)3-4-7(11-9)8-2-1-5-17(8,15)16/h3-4,8H,1-2,5H2,(H,11,12)(H,13,14). The van der Waals surface area contributed by atoms with Crippen molar-refractivity contribution in [3.8, 4) is 0 Å². The molecule has 7 heteroatoms. The van der Waals surface area contributed by atoms with Gasteiger partial charge < -0.3 is 10.1 Å². The number of hydrogen-bond acceptors (Lipinski definition) is 4. The van der Waals surface area contributed by atoms with Gasteiger partial charge in [0.05, 0.1) is 5.75 Å². The predicted octanol–water partition coefficient (Wildman–Crippen LogP) is 0.323. The molecule has 0 bridgehead atoms. The largest absolute Gasteiger partial charge is 0.477 e. The van der Waals surface area contributed by atoms with Gasteiger partial charge in [0.25, 0.3) is 5.56 Å². The third-order valence-electron chi connectivity index (χ3n) is 2.84. The van der Waals surface area contributed by atoms with Crippen LogP contribution in [0.1, 0.15) is 34.1 Å². The van der Waals surface area contributed by atoms with Crippen LogP contribution in [0.15, 0.2) is 16.9 Å². The molecule has 0 amide bonds. The zero-order valence-electron chi connectivity index (χ0n) is 8.84. The molecular formula is C10H11NO5S. The Labute approximate surface area is 97.2 Å². The van der Waals surface area contributed by atoms with Crippen LogP contribution in [0.5, 0.6) is 0 Å². The number of carboxylic acids is 1. The molecular weight excluding hydrogens is 246 g/mol. The van der Waals surface area contributed by atoms with Gasteiger partial charge in [-0.15, -0.1) is 0 Å². The van der Waals surface area contributed by atoms with Crippen molar-refractivity contribution in [1.29, 1.82) is 0 Å². The summed E-state index contributed by atoms with van der Waals surface area (Å²) in [5, 5.41) is 7.98. The third-order valence-corrected chi connectivity index (χ3v) is 5.05. The maximum absolute atomic E-state index is 11.7. The van der Waals surface area contributed by atoms with Gasteiger partial charge in [-0.25, -0.2) is 13.2 Å². The number of nitrogens with one attached hydrogen (secondary N) is 1. The van der Waals surface area contributed by atoms with E-state index in [2.05, 4.69) is 4.98 Å². The fourth-order valence-corrected chi connectivity index (χ4v) is 3.89. The van der Waals surface area contributed by atoms with Crippen molar-refractivity contribution >= 4 is 15.8 Å². The van der Waals surface area contributed by atoms with E-state index in [9.17, 15) is 18.0 Å². The van der Waals surface area contributed by atoms with Gasteiger partial charge in [-0.1, -0.05) is 0 Å². The van der Waals surface area contributed by atoms with Crippen molar-refractivity contribution in [3.63, 3.8) is 0 Å². The maximum Gasteiger partial charge on any atom is 0.341 e. The molecule has 0 spiro atoms. The van der Waals surface area contributed by atoms with Crippen molar-refractivity contribution < 1.29 is 18.3 Å². The average molecular weight is 257 g/mol. The number of carbonyl (C=O) groups is 1. The Morgan fingerprint density at radius 3 is 2.59 bits per heavy atom. The van der Waals surface area contributed by atoms with E-state index in [1.54, 1.807) is 0 Å². The Hall–Kier alpha value is -1.63. The number of carboxylic acid groups (broad SMARTS) is 1. The Morgan fingerprint density at radius 1 is 1.41 bits per heavy atom. The lowest BCUT2D eigenvalue weighted by molar-refractivity contribution is 0.0695. The van der Waals surface area contributed by atoms with Crippen LogP contribution in [-0.4, -0.2) is 30.2 Å². The highest BCUT2D eigenvalue weighted by Gasteiger charge is 2.33. The first kappa shape index (κ1) is 11.8. The maximum atomic E-state index is 11.7. The molecule has 0 aromatic carbocycles. The Morgan fingerprint density at radius 2 is 2.12 bits per heavy atom. The quantitative estimate of drug-likeness (QED) is 0.794. The Balaban J connectivity index is 2.46. The lowest BCUT2D eigenvalue weighted by Crippen LogP contribution is -2.21. The summed E-state index contributed by atoms with van der Waals surface area (Å²) in [4.78, 5) is 24.4. The summed E-state index contributed by atoms with van der Waals surface area (Å²) in [6, 6.07) is 2.50. The number of aromatic amines is 1. The highest BCUT2D eigenvalue weighted by atomic mass is 32.2. The molecule has 1 aromatic heterocycles. The molecule has 1 aliphatic heterocycles. The summed E-state index contributed by atoms with van der Waals surface area (Å²) >= 11 is 0. The predicted molar refractivity (Wildman–Crippen MR) is 59.8 cm³/mol. The van der Waals surface area contributed by atoms with Crippen molar-refractivity contribution in [1.82, 2.24) is 4.98 Å². The van der Waals surface area contributed by atoms with Gasteiger partial charge in [-0.2, -0.15) is 0 Å². The minimum absolute atomic E-state index is 0.111. The molecule has 92 valence electrons. The van der Waals surface area contributed by atoms with E-state index >= 15 is 0 Å². The number of aromatic carboxylic acids is 1. The van der Waals surface area contributed by atoms with Crippen LogP contribution in [-0.2, 0) is 9.84 Å². The SMILES string of the molecule is O=C(O)c1ccc(C2CCCS2(=O)=O)[nH]c1=O. The highest BCUT2D eigenvalue weighted by Crippen LogP contribution is 2.32. The smallest absolute Gasteiger partial charge is 0.341 e. The van der Waals surface area contributed by atoms with Crippen LogP contribution in [0.25, 0.3) is 0 Å². The lowest BCUT2D eigenvalue weighted by Gasteiger charge is -2.09. The van der Waals surface area contributed by atoms with E-state index in [1.807, 2.05) is 0 Å². The van der Waals surface area contributed by atoms with Crippen LogP contribution in [0.2, 0.25) is 0 Å². The summed E-state index contributed by atoms with van der Waals surface area (Å²) in [5.41, 5.74) is -0.876. The summed E-state index contributed by atoms with van der Waals surface area (Å²) in [6.07, 6.45) is 1.03. The molecule has 2 N–H and O–H groups in total. The molecule has 2 rings (SSSR count). The molecule has 0 saturated carbocycles. The topological polar surface area (TPSA) is 104 Å². The molecule has 1 atom stereocenters. The number of aromatic nitrogens is 1. The first-order valence-corrected chi connectivity index (χ1v) is 6.81. The molecule has 17 heavy (non-hydrogen) atoms. The minimum Gasteiger partial charge on any atom is -0.477 e. The van der Waals surface area contributed by atoms with Crippen LogP contribution in [0.4, 0.5) is 0 Å². The molecule has 1 aromatic rings. The van der Waals surface area contributed by atoms with Gasteiger partial charge >= 0.3 is 5.97 Å². The summed E-state index contributed by atoms with van der Waals surface area (Å²) in [7, 11) is -3.21. The van der Waals surface area contributed by atoms with Crippen molar-refractivity contribution in [2.45, 2.75) is 18.1 Å². The van der Waals surface area contributed by atoms with Gasteiger partial charge in [0.2, 0.25) is 0 Å². The summed E-state index contributed by atoms with van der Waals surface area (Å²) < 4.78 is 23.3. The van der Waals surface area contributed by atoms with Crippen molar-refractivity contribution in [2.75, 3.05) is 5.75 Å². The monoisotopic (exact) mass is 257 g/mol. The number of sulfone groups is 1. The second kappa shape index (κ2) is 3.99. The second-order valence-electron chi connectivity index (χ2n) is 3.96. The van der Waals surface area contributed by atoms with E-state index in [0.717, 1.165) is 6.07 Å². The molecule has 1 aliphatic rings. The number of hydrogen-bond donors (Lipinski definition) is 2. The van der Waals surface area contributed by atoms with Gasteiger partial charge in [0.15, 0.2) is 9.84 Å². The van der Waals surface area contributed by atoms with Crippen molar-refractivity contribution in [3.05, 3.63) is 33.7 Å². The van der Waals surface area contributed by atoms with E-state index in [0.29, 0.717) is 12.8 Å². The lowest BCUT2D eigenvalue weighted by atomic mass is 10.1. The molecule has 1 saturated heterocycles. The molecule has 0 aliphatic carbocycles. The average Bonchev–Trinajstić information content (AvgIpc) is 2.57. The van der Waals surface area contributed by atoms with E-state index < -0.39 is 26.6 Å². The van der Waals surface area contributed by atoms with Crippen LogP contribution >= 0.6 is 0 Å². The molecule has 2 heterocycles. The van der Waals surface area contributed by atoms with E-state index in [4.69, 9.17) is 5.11 Å². The van der Waals surface area contributed by atoms with Gasteiger partial charge in [-0.05, 0) is 25.0 Å². The Kier molecular flexibility index (Phi) is 2.78. The number of rotatable bonds is 2. The Bertz CT molecular complexity index is 616. The zero-order chi connectivity index (χ0) is 12.6. The number of H-pyrrole nitrogens is 1. The van der Waals surface area contributed by atoms with Crippen LogP contribution in [0, 0.1) is 0 Å². The first-order valence-electron chi connectivity index (χ1n) is 5.10. The minimum atomic E-state index is -3.21. The van der Waals surface area contributed by atoms with E-state index in [1.165, 1.54) is 6.07 Å². The number of pyridine rings is 1. The zero-order valence-corrected chi connectivity index (χ0v) is 9.66. The van der Waals surface area contributed by atoms with E-state index in [-0.39, 0.29) is 17.0 Å². The highest BCUT2D eigenvalue weighted by molar-refractivity contribution is 7.91. The molecule has 6 nitrogen and oxygen atoms in total. The summed E-state index contributed by atoms with van der Waals surface area (Å²) in [5.74, 6) is -1.22. The van der Waals surface area contributed by atoms with Gasteiger partial charge in [0, 0.05) is 5.69 Å². The second-order valence-corrected chi connectivity index (χ2v) is 6.26. The fraction of sp³-hybridized carbons (Fsp3) is 0.400. The molecule has 1 fully saturated rings.